The Morgan fingerprint density at radius 2 is 2.10 bits per heavy atom. The zero-order chi connectivity index (χ0) is 13.9. The molecule has 0 saturated heterocycles. The second-order valence-corrected chi connectivity index (χ2v) is 5.60. The summed E-state index contributed by atoms with van der Waals surface area (Å²) in [6.45, 7) is 6.26. The van der Waals surface area contributed by atoms with Crippen molar-refractivity contribution in [3.05, 3.63) is 12.2 Å². The summed E-state index contributed by atoms with van der Waals surface area (Å²) in [6.07, 6.45) is 7.77. The maximum absolute atomic E-state index is 4.75. The predicted octanol–water partition coefficient (Wildman–Crippen LogP) is 3.28. The lowest BCUT2D eigenvalue weighted by atomic mass is 10.3. The van der Waals surface area contributed by atoms with E-state index in [1.54, 1.807) is 0 Å². The first kappa shape index (κ1) is 13.3. The van der Waals surface area contributed by atoms with Crippen molar-refractivity contribution in [2.24, 2.45) is 0 Å². The normalized spacial score (nSPS) is 14.9. The van der Waals surface area contributed by atoms with Crippen LogP contribution >= 0.6 is 0 Å². The number of hydrogen-bond acceptors (Lipinski definition) is 4. The van der Waals surface area contributed by atoms with E-state index in [0.717, 1.165) is 49.1 Å². The molecule has 3 rings (SSSR count). The van der Waals surface area contributed by atoms with E-state index in [4.69, 9.17) is 9.97 Å². The standard InChI is InChI=1S/C15H23N5/c1-3-5-8-16-14-12-15(20(9-4-2)10-17-14)19-13(18-12)11-6-7-11/h10-11,16H,3-9H2,1-2H3. The first-order valence-corrected chi connectivity index (χ1v) is 7.80. The fourth-order valence-corrected chi connectivity index (χ4v) is 2.39. The first-order valence-electron chi connectivity index (χ1n) is 7.80. The number of rotatable bonds is 7. The summed E-state index contributed by atoms with van der Waals surface area (Å²) in [5, 5.41) is 3.40. The molecule has 2 heterocycles. The molecule has 0 bridgehead atoms. The quantitative estimate of drug-likeness (QED) is 0.787. The Kier molecular flexibility index (Phi) is 3.85. The van der Waals surface area contributed by atoms with Gasteiger partial charge in [0.05, 0.1) is 6.33 Å². The number of anilines is 1. The van der Waals surface area contributed by atoms with Gasteiger partial charge >= 0.3 is 0 Å². The second kappa shape index (κ2) is 5.77. The van der Waals surface area contributed by atoms with Crippen LogP contribution in [0.25, 0.3) is 11.5 Å². The third kappa shape index (κ3) is 2.62. The van der Waals surface area contributed by atoms with Crippen LogP contribution in [0.1, 0.15) is 57.7 Å². The lowest BCUT2D eigenvalue weighted by Gasteiger charge is -2.13. The molecule has 5 nitrogen and oxygen atoms in total. The molecule has 3 aliphatic rings. The van der Waals surface area contributed by atoms with Gasteiger partial charge in [0.1, 0.15) is 5.82 Å². The first-order chi connectivity index (χ1) is 9.83. The maximum Gasteiger partial charge on any atom is 0.165 e. The van der Waals surface area contributed by atoms with E-state index in [-0.39, 0.29) is 0 Å². The predicted molar refractivity (Wildman–Crippen MR) is 80.1 cm³/mol. The van der Waals surface area contributed by atoms with Gasteiger partial charge in [-0.3, -0.25) is 0 Å². The highest BCUT2D eigenvalue weighted by Crippen LogP contribution is 2.40. The van der Waals surface area contributed by atoms with Gasteiger partial charge in [0.2, 0.25) is 0 Å². The van der Waals surface area contributed by atoms with E-state index in [2.05, 4.69) is 28.7 Å². The molecule has 5 heteroatoms. The number of hydrogen-bond donors (Lipinski definition) is 1. The van der Waals surface area contributed by atoms with Crippen LogP contribution in [0.5, 0.6) is 0 Å². The molecule has 0 amide bonds. The van der Waals surface area contributed by atoms with Crippen molar-refractivity contribution in [2.45, 2.75) is 58.4 Å². The van der Waals surface area contributed by atoms with E-state index in [0.29, 0.717) is 5.92 Å². The topological polar surface area (TPSA) is 55.6 Å². The van der Waals surface area contributed by atoms with E-state index in [1.165, 1.54) is 19.3 Å². The number of nitrogens with one attached hydrogen (secondary N) is 1. The van der Waals surface area contributed by atoms with E-state index < -0.39 is 0 Å². The van der Waals surface area contributed by atoms with Gasteiger partial charge in [0.25, 0.3) is 0 Å². The van der Waals surface area contributed by atoms with Gasteiger partial charge < -0.3 is 9.88 Å². The number of fused-ring (bicyclic) bond motifs is 1. The molecular formula is C15H23N5. The van der Waals surface area contributed by atoms with Gasteiger partial charge in [0, 0.05) is 19.0 Å². The monoisotopic (exact) mass is 273 g/mol. The highest BCUT2D eigenvalue weighted by molar-refractivity contribution is 5.67. The minimum atomic E-state index is 0.584. The molecule has 20 heavy (non-hydrogen) atoms. The summed E-state index contributed by atoms with van der Waals surface area (Å²) in [5.41, 5.74) is 0.943. The van der Waals surface area contributed by atoms with Gasteiger partial charge in [-0.1, -0.05) is 20.3 Å². The van der Waals surface area contributed by atoms with Gasteiger partial charge in [-0.15, -0.1) is 0 Å². The summed E-state index contributed by atoms with van der Waals surface area (Å²) in [5.74, 6) is 3.47. The molecule has 0 atom stereocenters. The Bertz CT molecular complexity index is 544. The van der Waals surface area contributed by atoms with E-state index in [9.17, 15) is 0 Å². The van der Waals surface area contributed by atoms with Gasteiger partial charge in [0.15, 0.2) is 17.3 Å². The summed E-state index contributed by atoms with van der Waals surface area (Å²) in [6, 6.07) is 0. The van der Waals surface area contributed by atoms with Crippen molar-refractivity contribution < 1.29 is 0 Å². The SMILES string of the molecule is CCCCNc1ncn(CCC)c2nc(C3CC3)nc1-2. The maximum atomic E-state index is 4.75. The number of aromatic nitrogens is 4. The molecule has 1 aliphatic carbocycles. The van der Waals surface area contributed by atoms with Gasteiger partial charge in [-0.05, 0) is 25.7 Å². The average molecular weight is 273 g/mol. The molecule has 108 valence electrons. The number of imidazole rings is 1. The summed E-state index contributed by atoms with van der Waals surface area (Å²) >= 11 is 0. The lowest BCUT2D eigenvalue weighted by Crippen LogP contribution is -2.10. The molecule has 0 unspecified atom stereocenters. The Balaban J connectivity index is 1.92. The van der Waals surface area contributed by atoms with Crippen LogP contribution in [0.2, 0.25) is 0 Å². The molecule has 1 fully saturated rings. The lowest BCUT2D eigenvalue weighted by molar-refractivity contribution is 0.658. The van der Waals surface area contributed by atoms with Crippen molar-refractivity contribution in [1.29, 1.82) is 0 Å². The van der Waals surface area contributed by atoms with Crippen LogP contribution in [-0.2, 0) is 6.54 Å². The highest BCUT2D eigenvalue weighted by atomic mass is 15.2. The fraction of sp³-hybridized carbons (Fsp3) is 0.667. The van der Waals surface area contributed by atoms with E-state index in [1.807, 2.05) is 6.33 Å². The molecule has 1 saturated carbocycles. The van der Waals surface area contributed by atoms with Gasteiger partial charge in [-0.2, -0.15) is 0 Å². The zero-order valence-corrected chi connectivity index (χ0v) is 12.4. The highest BCUT2D eigenvalue weighted by Gasteiger charge is 2.30. The minimum absolute atomic E-state index is 0.584. The Hall–Kier alpha value is -1.65. The van der Waals surface area contributed by atoms with Crippen molar-refractivity contribution in [3.8, 4) is 11.5 Å². The Labute approximate surface area is 120 Å². The number of unbranched alkanes of at least 4 members (excludes halogenated alkanes) is 1. The molecule has 2 aliphatic heterocycles. The molecular weight excluding hydrogens is 250 g/mol. The van der Waals surface area contributed by atoms with E-state index >= 15 is 0 Å². The Morgan fingerprint density at radius 3 is 2.80 bits per heavy atom. The average Bonchev–Trinajstić information content (AvgIpc) is 3.20. The molecule has 0 spiro atoms. The largest absolute Gasteiger partial charge is 0.368 e. The zero-order valence-electron chi connectivity index (χ0n) is 12.4. The number of aryl methyl sites for hydroxylation is 1. The van der Waals surface area contributed by atoms with Crippen LogP contribution < -0.4 is 5.32 Å². The van der Waals surface area contributed by atoms with Crippen LogP contribution in [0.15, 0.2) is 6.33 Å². The van der Waals surface area contributed by atoms with Crippen molar-refractivity contribution in [3.63, 3.8) is 0 Å². The van der Waals surface area contributed by atoms with Crippen molar-refractivity contribution in [2.75, 3.05) is 11.9 Å². The molecule has 0 aromatic heterocycles. The summed E-state index contributed by atoms with van der Waals surface area (Å²) < 4.78 is 2.12. The third-order valence-electron chi connectivity index (χ3n) is 3.71. The molecule has 0 radical (unpaired) electrons. The van der Waals surface area contributed by atoms with Crippen LogP contribution in [0, 0.1) is 0 Å². The van der Waals surface area contributed by atoms with Gasteiger partial charge in [-0.25, -0.2) is 15.0 Å². The minimum Gasteiger partial charge on any atom is -0.368 e. The second-order valence-electron chi connectivity index (χ2n) is 5.60. The molecule has 1 N–H and O–H groups in total. The van der Waals surface area contributed by atoms with Crippen LogP contribution in [0.3, 0.4) is 0 Å². The van der Waals surface area contributed by atoms with Crippen LogP contribution in [0.4, 0.5) is 5.82 Å². The third-order valence-corrected chi connectivity index (χ3v) is 3.71. The molecule has 0 aromatic carbocycles. The molecule has 0 aromatic rings. The fourth-order valence-electron chi connectivity index (χ4n) is 2.39. The Morgan fingerprint density at radius 1 is 1.25 bits per heavy atom. The summed E-state index contributed by atoms with van der Waals surface area (Å²) in [4.78, 5) is 14.0. The number of nitrogens with zero attached hydrogens (tertiary/aromatic N) is 4. The smallest absolute Gasteiger partial charge is 0.165 e. The van der Waals surface area contributed by atoms with Crippen molar-refractivity contribution >= 4 is 5.82 Å². The van der Waals surface area contributed by atoms with Crippen molar-refractivity contribution in [1.82, 2.24) is 19.5 Å². The summed E-state index contributed by atoms with van der Waals surface area (Å²) in [7, 11) is 0. The van der Waals surface area contributed by atoms with Crippen LogP contribution in [-0.4, -0.2) is 26.1 Å².